The summed E-state index contributed by atoms with van der Waals surface area (Å²) in [7, 11) is 0. The third-order valence-corrected chi connectivity index (χ3v) is 4.55. The van der Waals surface area contributed by atoms with E-state index in [1.807, 2.05) is 40.9 Å². The second-order valence-electron chi connectivity index (χ2n) is 5.05. The molecule has 4 nitrogen and oxygen atoms in total. The van der Waals surface area contributed by atoms with Gasteiger partial charge in [0.1, 0.15) is 5.82 Å². The lowest BCUT2D eigenvalue weighted by atomic mass is 10.2. The summed E-state index contributed by atoms with van der Waals surface area (Å²) in [5, 5.41) is 0. The van der Waals surface area contributed by atoms with E-state index in [-0.39, 0.29) is 0 Å². The minimum atomic E-state index is 0.293. The molecule has 0 saturated carbocycles. The van der Waals surface area contributed by atoms with Crippen molar-refractivity contribution in [2.24, 2.45) is 0 Å². The molecule has 1 N–H and O–H groups in total. The molecule has 1 amide bonds. The number of H-pyrrole nitrogens is 1. The number of benzene rings is 1. The summed E-state index contributed by atoms with van der Waals surface area (Å²) in [5.41, 5.74) is 2.07. The first-order chi connectivity index (χ1) is 9.83. The van der Waals surface area contributed by atoms with Crippen LogP contribution < -0.4 is 0 Å². The van der Waals surface area contributed by atoms with Crippen LogP contribution in [0.25, 0.3) is 11.0 Å². The number of amides is 1. The monoisotopic (exact) mass is 289 g/mol. The van der Waals surface area contributed by atoms with Crippen LogP contribution in [0.1, 0.15) is 18.7 Å². The number of aryl methyl sites for hydroxylation is 1. The molecule has 2 aromatic rings. The number of imidazole rings is 1. The molecule has 1 aliphatic heterocycles. The SMILES string of the molecule is O=C(CCCc1nc2ccccc2[nH]1)N1CCSCC1. The van der Waals surface area contributed by atoms with Crippen molar-refractivity contribution in [1.29, 1.82) is 0 Å². The van der Waals surface area contributed by atoms with Crippen LogP contribution in [0.4, 0.5) is 0 Å². The summed E-state index contributed by atoms with van der Waals surface area (Å²) >= 11 is 1.93. The van der Waals surface area contributed by atoms with Crippen molar-refractivity contribution in [3.63, 3.8) is 0 Å². The minimum absolute atomic E-state index is 0.293. The molecule has 0 atom stereocenters. The number of rotatable bonds is 4. The zero-order valence-electron chi connectivity index (χ0n) is 11.5. The number of nitrogens with one attached hydrogen (secondary N) is 1. The van der Waals surface area contributed by atoms with Crippen LogP contribution in [0.5, 0.6) is 0 Å². The Morgan fingerprint density at radius 2 is 2.10 bits per heavy atom. The van der Waals surface area contributed by atoms with Gasteiger partial charge in [0, 0.05) is 37.4 Å². The highest BCUT2D eigenvalue weighted by Crippen LogP contribution is 2.14. The first kappa shape index (κ1) is 13.5. The van der Waals surface area contributed by atoms with Crippen LogP contribution in [0, 0.1) is 0 Å². The van der Waals surface area contributed by atoms with Crippen LogP contribution in [0.15, 0.2) is 24.3 Å². The third kappa shape index (κ3) is 3.15. The molecule has 1 aliphatic rings. The van der Waals surface area contributed by atoms with Crippen molar-refractivity contribution < 1.29 is 4.79 Å². The van der Waals surface area contributed by atoms with Crippen molar-refractivity contribution in [3.8, 4) is 0 Å². The second kappa shape index (κ2) is 6.31. The normalized spacial score (nSPS) is 15.7. The smallest absolute Gasteiger partial charge is 0.222 e. The number of carbonyl (C=O) groups is 1. The van der Waals surface area contributed by atoms with Gasteiger partial charge in [0.2, 0.25) is 5.91 Å². The highest BCUT2D eigenvalue weighted by Gasteiger charge is 2.16. The Hall–Kier alpha value is -1.49. The zero-order valence-corrected chi connectivity index (χ0v) is 12.3. The van der Waals surface area contributed by atoms with Gasteiger partial charge in [-0.15, -0.1) is 0 Å². The van der Waals surface area contributed by atoms with Crippen LogP contribution in [0.2, 0.25) is 0 Å². The number of para-hydroxylation sites is 2. The first-order valence-electron chi connectivity index (χ1n) is 7.12. The fourth-order valence-electron chi connectivity index (χ4n) is 2.50. The van der Waals surface area contributed by atoms with Crippen molar-refractivity contribution >= 4 is 28.7 Å². The van der Waals surface area contributed by atoms with E-state index < -0.39 is 0 Å². The van der Waals surface area contributed by atoms with Gasteiger partial charge in [0.25, 0.3) is 0 Å². The lowest BCUT2D eigenvalue weighted by molar-refractivity contribution is -0.130. The van der Waals surface area contributed by atoms with Gasteiger partial charge in [-0.25, -0.2) is 4.98 Å². The minimum Gasteiger partial charge on any atom is -0.342 e. The molecule has 0 spiro atoms. The van der Waals surface area contributed by atoms with Crippen LogP contribution in [0.3, 0.4) is 0 Å². The molecule has 20 heavy (non-hydrogen) atoms. The Morgan fingerprint density at radius 1 is 1.30 bits per heavy atom. The molecule has 1 fully saturated rings. The maximum absolute atomic E-state index is 12.0. The third-order valence-electron chi connectivity index (χ3n) is 3.61. The van der Waals surface area contributed by atoms with E-state index in [1.54, 1.807) is 0 Å². The molecule has 0 bridgehead atoms. The molecule has 106 valence electrons. The quantitative estimate of drug-likeness (QED) is 0.940. The molecule has 0 radical (unpaired) electrons. The number of nitrogens with zero attached hydrogens (tertiary/aromatic N) is 2. The van der Waals surface area contributed by atoms with E-state index in [0.29, 0.717) is 12.3 Å². The lowest BCUT2D eigenvalue weighted by Gasteiger charge is -2.26. The number of aromatic amines is 1. The van der Waals surface area contributed by atoms with E-state index in [0.717, 1.165) is 54.3 Å². The van der Waals surface area contributed by atoms with Crippen molar-refractivity contribution in [3.05, 3.63) is 30.1 Å². The summed E-state index contributed by atoms with van der Waals surface area (Å²) in [5.74, 6) is 3.43. The number of aromatic nitrogens is 2. The Labute approximate surface area is 123 Å². The van der Waals surface area contributed by atoms with Crippen LogP contribution in [-0.2, 0) is 11.2 Å². The lowest BCUT2D eigenvalue weighted by Crippen LogP contribution is -2.37. The predicted molar refractivity (Wildman–Crippen MR) is 82.9 cm³/mol. The summed E-state index contributed by atoms with van der Waals surface area (Å²) < 4.78 is 0. The average Bonchev–Trinajstić information content (AvgIpc) is 2.90. The van der Waals surface area contributed by atoms with Gasteiger partial charge >= 0.3 is 0 Å². The molecular weight excluding hydrogens is 270 g/mol. The summed E-state index contributed by atoms with van der Waals surface area (Å²) in [6, 6.07) is 8.03. The molecule has 1 saturated heterocycles. The number of hydrogen-bond donors (Lipinski definition) is 1. The zero-order chi connectivity index (χ0) is 13.8. The van der Waals surface area contributed by atoms with Gasteiger partial charge in [-0.2, -0.15) is 11.8 Å². The fourth-order valence-corrected chi connectivity index (χ4v) is 3.41. The van der Waals surface area contributed by atoms with E-state index in [4.69, 9.17) is 0 Å². The Kier molecular flexibility index (Phi) is 4.25. The highest BCUT2D eigenvalue weighted by atomic mass is 32.2. The molecule has 1 aromatic heterocycles. The predicted octanol–water partition coefficient (Wildman–Crippen LogP) is 2.46. The van der Waals surface area contributed by atoms with Crippen molar-refractivity contribution in [2.75, 3.05) is 24.6 Å². The van der Waals surface area contributed by atoms with E-state index >= 15 is 0 Å². The Balaban J connectivity index is 1.50. The molecule has 5 heteroatoms. The van der Waals surface area contributed by atoms with Crippen LogP contribution >= 0.6 is 11.8 Å². The van der Waals surface area contributed by atoms with Crippen molar-refractivity contribution in [1.82, 2.24) is 14.9 Å². The standard InChI is InChI=1S/C15H19N3OS/c19-15(18-8-10-20-11-9-18)7-3-6-14-16-12-4-1-2-5-13(12)17-14/h1-2,4-5H,3,6-11H2,(H,16,17). The largest absolute Gasteiger partial charge is 0.342 e. The molecule has 0 unspecified atom stereocenters. The van der Waals surface area contributed by atoms with Crippen LogP contribution in [-0.4, -0.2) is 45.4 Å². The second-order valence-corrected chi connectivity index (χ2v) is 6.27. The maximum atomic E-state index is 12.0. The topological polar surface area (TPSA) is 49.0 Å². The van der Waals surface area contributed by atoms with Gasteiger partial charge in [0.05, 0.1) is 11.0 Å². The highest BCUT2D eigenvalue weighted by molar-refractivity contribution is 7.99. The number of hydrogen-bond acceptors (Lipinski definition) is 3. The molecule has 3 rings (SSSR count). The van der Waals surface area contributed by atoms with E-state index in [1.165, 1.54) is 0 Å². The molecule has 0 aliphatic carbocycles. The van der Waals surface area contributed by atoms with E-state index in [9.17, 15) is 4.79 Å². The Morgan fingerprint density at radius 3 is 2.90 bits per heavy atom. The number of carbonyl (C=O) groups excluding carboxylic acids is 1. The fraction of sp³-hybridized carbons (Fsp3) is 0.467. The molecule has 2 heterocycles. The molecule has 1 aromatic carbocycles. The Bertz CT molecular complexity index is 557. The van der Waals surface area contributed by atoms with Gasteiger partial charge in [-0.05, 0) is 18.6 Å². The van der Waals surface area contributed by atoms with Gasteiger partial charge < -0.3 is 9.88 Å². The van der Waals surface area contributed by atoms with Crippen molar-refractivity contribution in [2.45, 2.75) is 19.3 Å². The summed E-state index contributed by atoms with van der Waals surface area (Å²) in [6.45, 7) is 1.82. The number of fused-ring (bicyclic) bond motifs is 1. The number of thioether (sulfide) groups is 1. The van der Waals surface area contributed by atoms with Gasteiger partial charge in [-0.1, -0.05) is 12.1 Å². The van der Waals surface area contributed by atoms with Gasteiger partial charge in [-0.3, -0.25) is 4.79 Å². The summed E-state index contributed by atoms with van der Waals surface area (Å²) in [6.07, 6.45) is 2.33. The van der Waals surface area contributed by atoms with Gasteiger partial charge in [0.15, 0.2) is 0 Å². The average molecular weight is 289 g/mol. The summed E-state index contributed by atoms with van der Waals surface area (Å²) in [4.78, 5) is 21.9. The maximum Gasteiger partial charge on any atom is 0.222 e. The molecular formula is C15H19N3OS. The van der Waals surface area contributed by atoms with E-state index in [2.05, 4.69) is 9.97 Å². The first-order valence-corrected chi connectivity index (χ1v) is 8.27.